The molecule has 1 fully saturated rings. The van der Waals surface area contributed by atoms with Crippen molar-refractivity contribution >= 4 is 23.1 Å². The number of aromatic amines is 1. The third kappa shape index (κ3) is 5.00. The number of aromatic nitrogens is 2. The van der Waals surface area contributed by atoms with Gasteiger partial charge in [0.2, 0.25) is 5.56 Å². The van der Waals surface area contributed by atoms with Gasteiger partial charge in [-0.25, -0.2) is 0 Å². The number of nitrogens with one attached hydrogen (secondary N) is 2. The van der Waals surface area contributed by atoms with Gasteiger partial charge in [-0.15, -0.1) is 0 Å². The fourth-order valence-electron chi connectivity index (χ4n) is 4.47. The molecule has 2 N–H and O–H groups in total. The van der Waals surface area contributed by atoms with Gasteiger partial charge < -0.3 is 29.4 Å². The summed E-state index contributed by atoms with van der Waals surface area (Å²) in [4.78, 5) is 24.1. The van der Waals surface area contributed by atoms with Gasteiger partial charge in [0, 0.05) is 48.4 Å². The monoisotopic (exact) mass is 514 g/mol. The van der Waals surface area contributed by atoms with E-state index >= 15 is 0 Å². The lowest BCUT2D eigenvalue weighted by Gasteiger charge is -2.29. The number of H-pyrrole nitrogens is 1. The molecule has 0 atom stereocenters. The first-order chi connectivity index (χ1) is 18.2. The van der Waals surface area contributed by atoms with E-state index in [1.165, 1.54) is 0 Å². The molecule has 0 unspecified atom stereocenters. The SMILES string of the molecule is COc1ccnc(CNc2ccc3c(c2)Sc2cccc(-c4cc(N5CCOCC5)cc(=O)[nH]4)c2O3)c1. The van der Waals surface area contributed by atoms with E-state index in [0.717, 1.165) is 68.5 Å². The molecule has 0 bridgehead atoms. The summed E-state index contributed by atoms with van der Waals surface area (Å²) in [5.74, 6) is 2.31. The molecule has 4 aromatic rings. The number of benzene rings is 2. The summed E-state index contributed by atoms with van der Waals surface area (Å²) in [6.07, 6.45) is 1.74. The van der Waals surface area contributed by atoms with Crippen molar-refractivity contribution in [1.29, 1.82) is 0 Å². The van der Waals surface area contributed by atoms with Crippen molar-refractivity contribution in [2.75, 3.05) is 43.6 Å². The number of para-hydroxylation sites is 1. The van der Waals surface area contributed by atoms with Gasteiger partial charge in [-0.1, -0.05) is 17.8 Å². The van der Waals surface area contributed by atoms with Gasteiger partial charge in [0.15, 0.2) is 5.75 Å². The first-order valence-corrected chi connectivity index (χ1v) is 12.9. The first-order valence-electron chi connectivity index (χ1n) is 12.1. The molecule has 0 aliphatic carbocycles. The fourth-order valence-corrected chi connectivity index (χ4v) is 5.50. The van der Waals surface area contributed by atoms with E-state index in [1.807, 2.05) is 48.5 Å². The maximum Gasteiger partial charge on any atom is 0.250 e. The van der Waals surface area contributed by atoms with Gasteiger partial charge in [-0.3, -0.25) is 9.78 Å². The van der Waals surface area contributed by atoms with Gasteiger partial charge in [0.25, 0.3) is 0 Å². The number of nitrogens with zero attached hydrogens (tertiary/aromatic N) is 2. The second kappa shape index (κ2) is 10.2. The van der Waals surface area contributed by atoms with Crippen molar-refractivity contribution in [2.45, 2.75) is 16.3 Å². The van der Waals surface area contributed by atoms with Crippen LogP contribution in [0.1, 0.15) is 5.69 Å². The minimum atomic E-state index is -0.137. The maximum absolute atomic E-state index is 12.6. The number of ether oxygens (including phenoxy) is 3. The van der Waals surface area contributed by atoms with Crippen molar-refractivity contribution in [3.05, 3.63) is 82.9 Å². The van der Waals surface area contributed by atoms with Crippen molar-refractivity contribution in [1.82, 2.24) is 9.97 Å². The Morgan fingerprint density at radius 1 is 1.08 bits per heavy atom. The van der Waals surface area contributed by atoms with E-state index in [4.69, 9.17) is 14.2 Å². The van der Waals surface area contributed by atoms with Gasteiger partial charge in [0.1, 0.15) is 11.5 Å². The normalized spacial score (nSPS) is 14.4. The Kier molecular flexibility index (Phi) is 6.46. The molecule has 0 spiro atoms. The zero-order valence-electron chi connectivity index (χ0n) is 20.3. The number of fused-ring (bicyclic) bond motifs is 2. The van der Waals surface area contributed by atoms with Crippen LogP contribution in [0.3, 0.4) is 0 Å². The third-order valence-corrected chi connectivity index (χ3v) is 7.43. The van der Waals surface area contributed by atoms with E-state index < -0.39 is 0 Å². The average Bonchev–Trinajstić information content (AvgIpc) is 2.95. The zero-order chi connectivity index (χ0) is 25.2. The van der Waals surface area contributed by atoms with E-state index in [2.05, 4.69) is 26.3 Å². The second-order valence-corrected chi connectivity index (χ2v) is 9.84. The van der Waals surface area contributed by atoms with E-state index in [9.17, 15) is 4.79 Å². The third-order valence-electron chi connectivity index (χ3n) is 6.35. The van der Waals surface area contributed by atoms with Gasteiger partial charge in [-0.05, 0) is 42.5 Å². The van der Waals surface area contributed by atoms with Gasteiger partial charge in [0.05, 0.1) is 48.0 Å². The van der Waals surface area contributed by atoms with Crippen LogP contribution in [0.2, 0.25) is 0 Å². The molecule has 2 aromatic carbocycles. The largest absolute Gasteiger partial charge is 0.497 e. The first kappa shape index (κ1) is 23.4. The molecular formula is C28H26N4O4S. The molecule has 188 valence electrons. The molecule has 2 aliphatic heterocycles. The highest BCUT2D eigenvalue weighted by molar-refractivity contribution is 7.99. The molecule has 2 aliphatic rings. The number of anilines is 2. The molecule has 0 radical (unpaired) electrons. The Hall–Kier alpha value is -3.95. The predicted octanol–water partition coefficient (Wildman–Crippen LogP) is 5.15. The molecule has 8 nitrogen and oxygen atoms in total. The average molecular weight is 515 g/mol. The number of morpholine rings is 1. The lowest BCUT2D eigenvalue weighted by Crippen LogP contribution is -2.36. The van der Waals surface area contributed by atoms with Crippen LogP contribution in [0.25, 0.3) is 11.3 Å². The summed E-state index contributed by atoms with van der Waals surface area (Å²) in [5, 5.41) is 3.43. The Morgan fingerprint density at radius 2 is 1.97 bits per heavy atom. The smallest absolute Gasteiger partial charge is 0.250 e. The minimum Gasteiger partial charge on any atom is -0.497 e. The van der Waals surface area contributed by atoms with E-state index in [-0.39, 0.29) is 5.56 Å². The Labute approximate surface area is 218 Å². The van der Waals surface area contributed by atoms with E-state index in [1.54, 1.807) is 31.1 Å². The van der Waals surface area contributed by atoms with Gasteiger partial charge >= 0.3 is 0 Å². The number of methoxy groups -OCH3 is 1. The second-order valence-electron chi connectivity index (χ2n) is 8.75. The highest BCUT2D eigenvalue weighted by atomic mass is 32.2. The molecule has 1 saturated heterocycles. The summed E-state index contributed by atoms with van der Waals surface area (Å²) < 4.78 is 17.2. The van der Waals surface area contributed by atoms with Crippen LogP contribution >= 0.6 is 11.8 Å². The van der Waals surface area contributed by atoms with Crippen LogP contribution < -0.4 is 25.2 Å². The van der Waals surface area contributed by atoms with E-state index in [0.29, 0.717) is 19.8 Å². The molecule has 37 heavy (non-hydrogen) atoms. The molecule has 4 heterocycles. The van der Waals surface area contributed by atoms with Crippen molar-refractivity contribution in [3.63, 3.8) is 0 Å². The predicted molar refractivity (Wildman–Crippen MR) is 144 cm³/mol. The quantitative estimate of drug-likeness (QED) is 0.322. The topological polar surface area (TPSA) is 88.7 Å². The molecule has 9 heteroatoms. The minimum absolute atomic E-state index is 0.137. The molecular weight excluding hydrogens is 488 g/mol. The zero-order valence-corrected chi connectivity index (χ0v) is 21.1. The van der Waals surface area contributed by atoms with Crippen LogP contribution in [0.4, 0.5) is 11.4 Å². The van der Waals surface area contributed by atoms with Gasteiger partial charge in [-0.2, -0.15) is 0 Å². The standard InChI is InChI=1S/C28H26N4O4S/c1-34-21-7-8-29-19(13-21)17-30-18-5-6-24-26(14-18)37-25-4-2-3-22(28(25)36-24)23-15-20(16-27(33)31-23)32-9-11-35-12-10-32/h2-8,13-16,30H,9-12,17H2,1H3,(H,31,33). The summed E-state index contributed by atoms with van der Waals surface area (Å²) >= 11 is 1.65. The van der Waals surface area contributed by atoms with Crippen LogP contribution in [-0.2, 0) is 11.3 Å². The fraction of sp³-hybridized carbons (Fsp3) is 0.214. The number of hydrogen-bond donors (Lipinski definition) is 2. The lowest BCUT2D eigenvalue weighted by atomic mass is 10.1. The Morgan fingerprint density at radius 3 is 2.84 bits per heavy atom. The summed E-state index contributed by atoms with van der Waals surface area (Å²) in [6.45, 7) is 3.42. The highest BCUT2D eigenvalue weighted by Gasteiger charge is 2.23. The summed E-state index contributed by atoms with van der Waals surface area (Å²) in [7, 11) is 1.65. The molecule has 0 amide bonds. The van der Waals surface area contributed by atoms with Crippen molar-refractivity contribution in [2.24, 2.45) is 0 Å². The van der Waals surface area contributed by atoms with Crippen LogP contribution in [0.5, 0.6) is 17.2 Å². The summed E-state index contributed by atoms with van der Waals surface area (Å²) in [6, 6.07) is 19.5. The Balaban J connectivity index is 1.25. The van der Waals surface area contributed by atoms with Crippen molar-refractivity contribution < 1.29 is 14.2 Å². The Bertz CT molecular complexity index is 1500. The highest BCUT2D eigenvalue weighted by Crippen LogP contribution is 2.51. The maximum atomic E-state index is 12.6. The number of rotatable bonds is 6. The van der Waals surface area contributed by atoms with Crippen LogP contribution in [0.15, 0.2) is 81.4 Å². The molecule has 2 aromatic heterocycles. The lowest BCUT2D eigenvalue weighted by molar-refractivity contribution is 0.122. The molecule has 0 saturated carbocycles. The summed E-state index contributed by atoms with van der Waals surface area (Å²) in [5.41, 5.74) is 4.21. The van der Waals surface area contributed by atoms with Crippen LogP contribution in [0, 0.1) is 0 Å². The van der Waals surface area contributed by atoms with Crippen LogP contribution in [-0.4, -0.2) is 43.4 Å². The number of pyridine rings is 2. The molecule has 6 rings (SSSR count). The van der Waals surface area contributed by atoms with Crippen molar-refractivity contribution in [3.8, 4) is 28.5 Å². The number of hydrogen-bond acceptors (Lipinski definition) is 8.